The van der Waals surface area contributed by atoms with Gasteiger partial charge in [-0.1, -0.05) is 23.7 Å². The van der Waals surface area contributed by atoms with Gasteiger partial charge in [-0.2, -0.15) is 4.98 Å². The van der Waals surface area contributed by atoms with Gasteiger partial charge in [-0.15, -0.1) is 0 Å². The van der Waals surface area contributed by atoms with Crippen LogP contribution in [0, 0.1) is 3.57 Å². The molecule has 0 saturated heterocycles. The maximum Gasteiger partial charge on any atom is 0.224 e. The van der Waals surface area contributed by atoms with Gasteiger partial charge in [0, 0.05) is 16.0 Å². The van der Waals surface area contributed by atoms with E-state index in [1.54, 1.807) is 7.05 Å². The van der Waals surface area contributed by atoms with Crippen molar-refractivity contribution in [2.24, 2.45) is 0 Å². The molecule has 6 heteroatoms. The average molecular weight is 411 g/mol. The van der Waals surface area contributed by atoms with Gasteiger partial charge in [0.25, 0.3) is 0 Å². The van der Waals surface area contributed by atoms with Crippen LogP contribution in [0.5, 0.6) is 0 Å². The number of nitrogens with zero attached hydrogens (tertiary/aromatic N) is 2. The Balaban J connectivity index is 2.10. The van der Waals surface area contributed by atoms with Gasteiger partial charge in [0.2, 0.25) is 5.95 Å². The molecule has 106 valence electrons. The van der Waals surface area contributed by atoms with E-state index in [4.69, 9.17) is 11.6 Å². The van der Waals surface area contributed by atoms with Crippen molar-refractivity contribution in [3.05, 3.63) is 51.1 Å². The number of para-hydroxylation sites is 1. The molecule has 4 nitrogen and oxygen atoms in total. The predicted molar refractivity (Wildman–Crippen MR) is 96.5 cm³/mol. The molecular formula is C15H12ClIN4. The summed E-state index contributed by atoms with van der Waals surface area (Å²) < 4.78 is 1.09. The Bertz CT molecular complexity index is 807. The van der Waals surface area contributed by atoms with E-state index in [2.05, 4.69) is 43.2 Å². The monoisotopic (exact) mass is 410 g/mol. The molecule has 1 heterocycles. The number of aromatic nitrogens is 2. The van der Waals surface area contributed by atoms with Crippen LogP contribution in [-0.4, -0.2) is 17.0 Å². The van der Waals surface area contributed by atoms with Crippen LogP contribution in [0.3, 0.4) is 0 Å². The Labute approximate surface area is 141 Å². The average Bonchev–Trinajstić information content (AvgIpc) is 2.49. The number of nitrogens with one attached hydrogen (secondary N) is 2. The zero-order valence-corrected chi connectivity index (χ0v) is 14.1. The number of halogens is 2. The SMILES string of the molecule is CNc1nc(Nc2ccc(I)cc2Cl)c2ccccc2n1. The van der Waals surface area contributed by atoms with Crippen molar-refractivity contribution in [1.29, 1.82) is 0 Å². The highest BCUT2D eigenvalue weighted by Gasteiger charge is 2.09. The number of hydrogen-bond acceptors (Lipinski definition) is 4. The summed E-state index contributed by atoms with van der Waals surface area (Å²) in [4.78, 5) is 8.92. The van der Waals surface area contributed by atoms with Crippen molar-refractivity contribution in [2.45, 2.75) is 0 Å². The fraction of sp³-hybridized carbons (Fsp3) is 0.0667. The first kappa shape index (κ1) is 14.3. The second-order valence-electron chi connectivity index (χ2n) is 4.41. The minimum absolute atomic E-state index is 0.567. The molecule has 0 aliphatic rings. The smallest absolute Gasteiger partial charge is 0.224 e. The van der Waals surface area contributed by atoms with Gasteiger partial charge in [0.1, 0.15) is 5.82 Å². The second-order valence-corrected chi connectivity index (χ2v) is 6.06. The van der Waals surface area contributed by atoms with Gasteiger partial charge in [-0.05, 0) is 52.9 Å². The maximum atomic E-state index is 6.28. The highest BCUT2D eigenvalue weighted by Crippen LogP contribution is 2.30. The number of rotatable bonds is 3. The van der Waals surface area contributed by atoms with Crippen molar-refractivity contribution in [2.75, 3.05) is 17.7 Å². The van der Waals surface area contributed by atoms with Crippen molar-refractivity contribution in [3.8, 4) is 0 Å². The van der Waals surface area contributed by atoms with Crippen LogP contribution in [0.1, 0.15) is 0 Å². The summed E-state index contributed by atoms with van der Waals surface area (Å²) in [5.41, 5.74) is 1.70. The van der Waals surface area contributed by atoms with Crippen LogP contribution in [0.4, 0.5) is 17.5 Å². The summed E-state index contributed by atoms with van der Waals surface area (Å²) in [6.07, 6.45) is 0. The molecular weight excluding hydrogens is 399 g/mol. The molecule has 21 heavy (non-hydrogen) atoms. The number of anilines is 3. The van der Waals surface area contributed by atoms with Crippen molar-refractivity contribution >= 4 is 62.5 Å². The van der Waals surface area contributed by atoms with Crippen LogP contribution < -0.4 is 10.6 Å². The molecule has 0 aliphatic carbocycles. The minimum atomic E-state index is 0.567. The van der Waals surface area contributed by atoms with Gasteiger partial charge in [-0.3, -0.25) is 0 Å². The third-order valence-corrected chi connectivity index (χ3v) is 3.99. The number of benzene rings is 2. The summed E-state index contributed by atoms with van der Waals surface area (Å²) in [7, 11) is 1.80. The topological polar surface area (TPSA) is 49.8 Å². The molecule has 0 fully saturated rings. The van der Waals surface area contributed by atoms with Crippen molar-refractivity contribution < 1.29 is 0 Å². The lowest BCUT2D eigenvalue weighted by Gasteiger charge is -2.12. The van der Waals surface area contributed by atoms with E-state index >= 15 is 0 Å². The molecule has 0 spiro atoms. The van der Waals surface area contributed by atoms with Crippen LogP contribution in [0.25, 0.3) is 10.9 Å². The molecule has 3 rings (SSSR count). The molecule has 2 aromatic carbocycles. The third-order valence-electron chi connectivity index (χ3n) is 3.01. The minimum Gasteiger partial charge on any atom is -0.357 e. The number of fused-ring (bicyclic) bond motifs is 1. The molecule has 0 aliphatic heterocycles. The highest BCUT2D eigenvalue weighted by molar-refractivity contribution is 14.1. The lowest BCUT2D eigenvalue weighted by atomic mass is 10.2. The summed E-state index contributed by atoms with van der Waals surface area (Å²) in [5.74, 6) is 1.30. The highest BCUT2D eigenvalue weighted by atomic mass is 127. The van der Waals surface area contributed by atoms with Crippen LogP contribution in [-0.2, 0) is 0 Å². The Hall–Kier alpha value is -1.60. The van der Waals surface area contributed by atoms with Gasteiger partial charge >= 0.3 is 0 Å². The predicted octanol–water partition coefficient (Wildman–Crippen LogP) is 4.67. The van der Waals surface area contributed by atoms with Gasteiger partial charge < -0.3 is 10.6 Å². The largest absolute Gasteiger partial charge is 0.357 e. The van der Waals surface area contributed by atoms with E-state index in [0.717, 1.165) is 26.0 Å². The van der Waals surface area contributed by atoms with Gasteiger partial charge in [-0.25, -0.2) is 4.98 Å². The molecule has 0 bridgehead atoms. The Morgan fingerprint density at radius 1 is 1.10 bits per heavy atom. The first-order chi connectivity index (χ1) is 10.2. The molecule has 2 N–H and O–H groups in total. The zero-order valence-electron chi connectivity index (χ0n) is 11.2. The molecule has 3 aromatic rings. The van der Waals surface area contributed by atoms with Crippen LogP contribution in [0.2, 0.25) is 5.02 Å². The normalized spacial score (nSPS) is 10.6. The van der Waals surface area contributed by atoms with Crippen molar-refractivity contribution in [1.82, 2.24) is 9.97 Å². The van der Waals surface area contributed by atoms with E-state index in [0.29, 0.717) is 11.0 Å². The Morgan fingerprint density at radius 2 is 1.90 bits per heavy atom. The lowest BCUT2D eigenvalue weighted by molar-refractivity contribution is 1.19. The maximum absolute atomic E-state index is 6.28. The first-order valence-electron chi connectivity index (χ1n) is 6.34. The Kier molecular flexibility index (Phi) is 4.12. The lowest BCUT2D eigenvalue weighted by Crippen LogP contribution is -2.02. The molecule has 0 saturated carbocycles. The second kappa shape index (κ2) is 6.03. The van der Waals surface area contributed by atoms with Gasteiger partial charge in [0.15, 0.2) is 0 Å². The molecule has 0 amide bonds. The van der Waals surface area contributed by atoms with E-state index in [9.17, 15) is 0 Å². The standard InChI is InChI=1S/C15H12ClIN4/c1-18-15-20-12-5-3-2-4-10(12)14(21-15)19-13-7-6-9(17)8-11(13)16/h2-8H,1H3,(H2,18,19,20,21). The quantitative estimate of drug-likeness (QED) is 0.616. The van der Waals surface area contributed by atoms with Gasteiger partial charge in [0.05, 0.1) is 16.2 Å². The molecule has 0 atom stereocenters. The Morgan fingerprint density at radius 3 is 2.67 bits per heavy atom. The first-order valence-corrected chi connectivity index (χ1v) is 7.79. The third kappa shape index (κ3) is 3.03. The fourth-order valence-electron chi connectivity index (χ4n) is 2.00. The summed E-state index contributed by atoms with van der Waals surface area (Å²) >= 11 is 8.51. The molecule has 1 aromatic heterocycles. The van der Waals surface area contributed by atoms with E-state index in [-0.39, 0.29) is 0 Å². The summed E-state index contributed by atoms with van der Waals surface area (Å²) in [6.45, 7) is 0. The molecule has 0 unspecified atom stereocenters. The summed E-state index contributed by atoms with van der Waals surface area (Å²) in [5, 5.41) is 7.88. The van der Waals surface area contributed by atoms with Crippen LogP contribution in [0.15, 0.2) is 42.5 Å². The van der Waals surface area contributed by atoms with Crippen molar-refractivity contribution in [3.63, 3.8) is 0 Å². The van der Waals surface area contributed by atoms with E-state index < -0.39 is 0 Å². The van der Waals surface area contributed by atoms with Crippen LogP contribution >= 0.6 is 34.2 Å². The van der Waals surface area contributed by atoms with E-state index in [1.165, 1.54) is 0 Å². The van der Waals surface area contributed by atoms with E-state index in [1.807, 2.05) is 42.5 Å². The molecule has 0 radical (unpaired) electrons. The number of hydrogen-bond donors (Lipinski definition) is 2. The fourth-order valence-corrected chi connectivity index (χ4v) is 2.91. The zero-order chi connectivity index (χ0) is 14.8. The summed E-state index contributed by atoms with van der Waals surface area (Å²) in [6, 6.07) is 13.7.